The molecule has 0 aliphatic heterocycles. The molecule has 0 bridgehead atoms. The summed E-state index contributed by atoms with van der Waals surface area (Å²) in [5, 5.41) is 0. The normalized spacial score (nSPS) is 14.2. The van der Waals surface area contributed by atoms with Crippen LogP contribution in [0.3, 0.4) is 0 Å². The summed E-state index contributed by atoms with van der Waals surface area (Å²) in [5.41, 5.74) is 1.88. The van der Waals surface area contributed by atoms with Crippen molar-refractivity contribution in [2.75, 3.05) is 0 Å². The van der Waals surface area contributed by atoms with E-state index in [0.29, 0.717) is 11.3 Å². The van der Waals surface area contributed by atoms with Gasteiger partial charge in [-0.2, -0.15) is 0 Å². The molecule has 0 heterocycles. The monoisotopic (exact) mass is 176 g/mol. The zero-order valence-electron chi connectivity index (χ0n) is 9.17. The molecule has 0 N–H and O–H groups in total. The second-order valence-electron chi connectivity index (χ2n) is 5.08. The van der Waals surface area contributed by atoms with Gasteiger partial charge in [-0.25, -0.2) is 0 Å². The van der Waals surface area contributed by atoms with Crippen molar-refractivity contribution in [1.29, 1.82) is 0 Å². The van der Waals surface area contributed by atoms with Crippen LogP contribution in [0.2, 0.25) is 0 Å². The van der Waals surface area contributed by atoms with E-state index < -0.39 is 0 Å². The van der Waals surface area contributed by atoms with E-state index in [-0.39, 0.29) is 0 Å². The van der Waals surface area contributed by atoms with E-state index >= 15 is 0 Å². The Hall–Kier alpha value is -0.780. The molecule has 0 saturated heterocycles. The Morgan fingerprint density at radius 3 is 2.08 bits per heavy atom. The van der Waals surface area contributed by atoms with E-state index in [0.717, 1.165) is 0 Å². The first-order valence-electron chi connectivity index (χ1n) is 5.04. The average molecular weight is 176 g/mol. The van der Waals surface area contributed by atoms with Crippen molar-refractivity contribution in [2.24, 2.45) is 5.41 Å². The summed E-state index contributed by atoms with van der Waals surface area (Å²) in [6, 6.07) is 10.8. The summed E-state index contributed by atoms with van der Waals surface area (Å²) in [5.74, 6) is 0.668. The van der Waals surface area contributed by atoms with Crippen molar-refractivity contribution in [3.8, 4) is 0 Å². The standard InChI is InChI=1S/C13H20/c1-11(10-13(2,3)4)12-8-6-5-7-9-12/h5-9,11H,10H2,1-4H3. The molecule has 0 nitrogen and oxygen atoms in total. The quantitative estimate of drug-likeness (QED) is 0.632. The Morgan fingerprint density at radius 1 is 1.08 bits per heavy atom. The first-order valence-corrected chi connectivity index (χ1v) is 5.04. The molecule has 0 aliphatic rings. The van der Waals surface area contributed by atoms with Gasteiger partial charge in [-0.15, -0.1) is 0 Å². The summed E-state index contributed by atoms with van der Waals surface area (Å²) in [7, 11) is 0. The molecule has 0 amide bonds. The molecule has 0 spiro atoms. The second kappa shape index (κ2) is 3.95. The Balaban J connectivity index is 2.64. The van der Waals surface area contributed by atoms with E-state index in [1.807, 2.05) is 0 Å². The van der Waals surface area contributed by atoms with E-state index in [1.165, 1.54) is 12.0 Å². The van der Waals surface area contributed by atoms with E-state index in [4.69, 9.17) is 0 Å². The number of hydrogen-bond donors (Lipinski definition) is 0. The van der Waals surface area contributed by atoms with Gasteiger partial charge in [0.1, 0.15) is 0 Å². The highest BCUT2D eigenvalue weighted by Gasteiger charge is 2.15. The van der Waals surface area contributed by atoms with E-state index in [9.17, 15) is 0 Å². The Kier molecular flexibility index (Phi) is 3.13. The van der Waals surface area contributed by atoms with Gasteiger partial charge in [0.2, 0.25) is 0 Å². The van der Waals surface area contributed by atoms with Crippen molar-refractivity contribution < 1.29 is 0 Å². The minimum absolute atomic E-state index is 0.426. The summed E-state index contributed by atoms with van der Waals surface area (Å²) in [6.07, 6.45) is 1.25. The lowest BCUT2D eigenvalue weighted by atomic mass is 9.82. The number of rotatable bonds is 2. The van der Waals surface area contributed by atoms with Gasteiger partial charge in [0.05, 0.1) is 0 Å². The van der Waals surface area contributed by atoms with Crippen LogP contribution in [0.4, 0.5) is 0 Å². The van der Waals surface area contributed by atoms with Gasteiger partial charge < -0.3 is 0 Å². The van der Waals surface area contributed by atoms with Crippen LogP contribution in [0.25, 0.3) is 0 Å². The van der Waals surface area contributed by atoms with Gasteiger partial charge in [0.15, 0.2) is 0 Å². The molecule has 0 aliphatic carbocycles. The van der Waals surface area contributed by atoms with Crippen LogP contribution >= 0.6 is 0 Å². The third-order valence-electron chi connectivity index (χ3n) is 2.29. The lowest BCUT2D eigenvalue weighted by Gasteiger charge is -2.23. The van der Waals surface area contributed by atoms with Crippen molar-refractivity contribution in [3.05, 3.63) is 35.9 Å². The van der Waals surface area contributed by atoms with Gasteiger partial charge >= 0.3 is 0 Å². The smallest absolute Gasteiger partial charge is 0.0185 e. The highest BCUT2D eigenvalue weighted by molar-refractivity contribution is 5.18. The Labute approximate surface area is 82.0 Å². The van der Waals surface area contributed by atoms with Crippen molar-refractivity contribution in [2.45, 2.75) is 40.0 Å². The highest BCUT2D eigenvalue weighted by Crippen LogP contribution is 2.30. The Morgan fingerprint density at radius 2 is 1.62 bits per heavy atom. The molecule has 0 aromatic heterocycles. The maximum absolute atomic E-state index is 2.31. The maximum Gasteiger partial charge on any atom is -0.0185 e. The van der Waals surface area contributed by atoms with Crippen LogP contribution in [-0.2, 0) is 0 Å². The van der Waals surface area contributed by atoms with E-state index in [2.05, 4.69) is 58.0 Å². The first-order chi connectivity index (χ1) is 5.99. The average Bonchev–Trinajstić information content (AvgIpc) is 2.03. The summed E-state index contributed by atoms with van der Waals surface area (Å²) < 4.78 is 0. The second-order valence-corrected chi connectivity index (χ2v) is 5.08. The zero-order chi connectivity index (χ0) is 9.90. The molecular weight excluding hydrogens is 156 g/mol. The molecular formula is C13H20. The molecule has 0 saturated carbocycles. The van der Waals surface area contributed by atoms with Crippen LogP contribution in [0, 0.1) is 5.41 Å². The minimum Gasteiger partial charge on any atom is -0.0622 e. The zero-order valence-corrected chi connectivity index (χ0v) is 9.17. The minimum atomic E-state index is 0.426. The summed E-state index contributed by atoms with van der Waals surface area (Å²) in [6.45, 7) is 9.20. The molecule has 72 valence electrons. The third kappa shape index (κ3) is 3.63. The number of benzene rings is 1. The van der Waals surface area contributed by atoms with Crippen molar-refractivity contribution in [3.63, 3.8) is 0 Å². The molecule has 0 heteroatoms. The van der Waals surface area contributed by atoms with Crippen LogP contribution in [-0.4, -0.2) is 0 Å². The SMILES string of the molecule is CC(CC(C)(C)C)c1ccccc1. The molecule has 13 heavy (non-hydrogen) atoms. The lowest BCUT2D eigenvalue weighted by Crippen LogP contribution is -2.09. The van der Waals surface area contributed by atoms with Crippen molar-refractivity contribution >= 4 is 0 Å². The van der Waals surface area contributed by atoms with Crippen molar-refractivity contribution in [1.82, 2.24) is 0 Å². The molecule has 1 aromatic rings. The van der Waals surface area contributed by atoms with Crippen LogP contribution in [0.15, 0.2) is 30.3 Å². The summed E-state index contributed by atoms with van der Waals surface area (Å²) in [4.78, 5) is 0. The topological polar surface area (TPSA) is 0 Å². The van der Waals surface area contributed by atoms with Crippen LogP contribution in [0.1, 0.15) is 45.6 Å². The van der Waals surface area contributed by atoms with Crippen LogP contribution in [0.5, 0.6) is 0 Å². The molecule has 1 atom stereocenters. The van der Waals surface area contributed by atoms with Crippen LogP contribution < -0.4 is 0 Å². The first kappa shape index (κ1) is 10.3. The third-order valence-corrected chi connectivity index (χ3v) is 2.29. The molecule has 1 unspecified atom stereocenters. The highest BCUT2D eigenvalue weighted by atomic mass is 14.2. The molecule has 0 radical (unpaired) electrons. The fraction of sp³-hybridized carbons (Fsp3) is 0.538. The maximum atomic E-state index is 2.31. The van der Waals surface area contributed by atoms with E-state index in [1.54, 1.807) is 0 Å². The van der Waals surface area contributed by atoms with Gasteiger partial charge in [0.25, 0.3) is 0 Å². The van der Waals surface area contributed by atoms with Gasteiger partial charge in [-0.3, -0.25) is 0 Å². The molecule has 1 rings (SSSR count). The molecule has 1 aromatic carbocycles. The number of hydrogen-bond acceptors (Lipinski definition) is 0. The summed E-state index contributed by atoms with van der Waals surface area (Å²) >= 11 is 0. The Bertz CT molecular complexity index is 240. The fourth-order valence-electron chi connectivity index (χ4n) is 1.82. The predicted molar refractivity (Wildman–Crippen MR) is 58.9 cm³/mol. The lowest BCUT2D eigenvalue weighted by molar-refractivity contribution is 0.349. The predicted octanol–water partition coefficient (Wildman–Crippen LogP) is 4.23. The van der Waals surface area contributed by atoms with Gasteiger partial charge in [0, 0.05) is 0 Å². The molecule has 0 fully saturated rings. The van der Waals surface area contributed by atoms with Gasteiger partial charge in [-0.05, 0) is 23.3 Å². The largest absolute Gasteiger partial charge is 0.0622 e. The fourth-order valence-corrected chi connectivity index (χ4v) is 1.82. The van der Waals surface area contributed by atoms with Gasteiger partial charge in [-0.1, -0.05) is 58.0 Å².